The van der Waals surface area contributed by atoms with Crippen LogP contribution in [0.4, 0.5) is 0 Å². The molecule has 0 spiro atoms. The van der Waals surface area contributed by atoms with Gasteiger partial charge in [0.1, 0.15) is 5.69 Å². The van der Waals surface area contributed by atoms with Gasteiger partial charge in [-0.15, -0.1) is 0 Å². The summed E-state index contributed by atoms with van der Waals surface area (Å²) in [6.45, 7) is 1.06. The van der Waals surface area contributed by atoms with E-state index < -0.39 is 0 Å². The van der Waals surface area contributed by atoms with Crippen molar-refractivity contribution < 1.29 is 9.59 Å². The van der Waals surface area contributed by atoms with Crippen molar-refractivity contribution >= 4 is 33.5 Å². The molecule has 1 unspecified atom stereocenters. The summed E-state index contributed by atoms with van der Waals surface area (Å²) < 4.78 is 2.50. The average Bonchev–Trinajstić information content (AvgIpc) is 3.34. The highest BCUT2D eigenvalue weighted by Crippen LogP contribution is 2.25. The lowest BCUT2D eigenvalue weighted by atomic mass is 10.0. The van der Waals surface area contributed by atoms with Gasteiger partial charge < -0.3 is 4.90 Å². The van der Waals surface area contributed by atoms with Gasteiger partial charge in [0.05, 0.1) is 18.3 Å². The van der Waals surface area contributed by atoms with E-state index in [4.69, 9.17) is 0 Å². The second-order valence-corrected chi connectivity index (χ2v) is 7.34. The third kappa shape index (κ3) is 2.94. The summed E-state index contributed by atoms with van der Waals surface area (Å²) in [6, 6.07) is 9.23. The molecule has 3 heterocycles. The molecular weight excluding hydrogens is 398 g/mol. The summed E-state index contributed by atoms with van der Waals surface area (Å²) in [5, 5.41) is 10.1. The largest absolute Gasteiger partial charge is 0.332 e. The molecule has 2 aliphatic heterocycles. The standard InChI is InChI=1S/C18H18BrN5O2/c1-22-14(8-9-20-22)18(26)24-11-15(23-10-2-3-16(23)25)17(21-24)12-4-6-13(19)7-5-12/h4-9,15H,2-3,10-11H2,1H3. The molecule has 1 aromatic heterocycles. The third-order valence-corrected chi connectivity index (χ3v) is 5.32. The number of aryl methyl sites for hydroxylation is 1. The van der Waals surface area contributed by atoms with Crippen molar-refractivity contribution in [1.29, 1.82) is 0 Å². The minimum atomic E-state index is -0.219. The molecule has 2 aliphatic rings. The normalized spacial score (nSPS) is 20.0. The molecule has 0 radical (unpaired) electrons. The molecule has 0 saturated carbocycles. The molecular formula is C18H18BrN5O2. The van der Waals surface area contributed by atoms with E-state index in [1.807, 2.05) is 29.2 Å². The Hall–Kier alpha value is -2.48. The van der Waals surface area contributed by atoms with Gasteiger partial charge in [0.15, 0.2) is 0 Å². The molecule has 2 aromatic rings. The van der Waals surface area contributed by atoms with E-state index in [0.29, 0.717) is 25.2 Å². The van der Waals surface area contributed by atoms with Crippen molar-refractivity contribution in [2.75, 3.05) is 13.1 Å². The minimum Gasteiger partial charge on any atom is -0.332 e. The quantitative estimate of drug-likeness (QED) is 0.769. The Kier molecular flexibility index (Phi) is 4.36. The Morgan fingerprint density at radius 3 is 2.62 bits per heavy atom. The fourth-order valence-electron chi connectivity index (χ4n) is 3.45. The third-order valence-electron chi connectivity index (χ3n) is 4.79. The number of nitrogens with zero attached hydrogens (tertiary/aromatic N) is 5. The number of hydrogen-bond acceptors (Lipinski definition) is 4. The Balaban J connectivity index is 1.69. The second-order valence-electron chi connectivity index (χ2n) is 6.43. The molecule has 7 nitrogen and oxygen atoms in total. The number of carbonyl (C=O) groups is 2. The lowest BCUT2D eigenvalue weighted by Crippen LogP contribution is -2.44. The van der Waals surface area contributed by atoms with Crippen LogP contribution >= 0.6 is 15.9 Å². The number of rotatable bonds is 3. The van der Waals surface area contributed by atoms with Gasteiger partial charge in [0.25, 0.3) is 5.91 Å². The number of benzene rings is 1. The van der Waals surface area contributed by atoms with Crippen LogP contribution in [0.2, 0.25) is 0 Å². The molecule has 1 fully saturated rings. The van der Waals surface area contributed by atoms with Gasteiger partial charge in [-0.05, 0) is 24.6 Å². The van der Waals surface area contributed by atoms with Crippen LogP contribution in [0.3, 0.4) is 0 Å². The number of halogens is 1. The fraction of sp³-hybridized carbons (Fsp3) is 0.333. The van der Waals surface area contributed by atoms with E-state index in [9.17, 15) is 9.59 Å². The number of hydrogen-bond donors (Lipinski definition) is 0. The minimum absolute atomic E-state index is 0.120. The van der Waals surface area contributed by atoms with Gasteiger partial charge in [0, 0.05) is 36.2 Å². The molecule has 0 N–H and O–H groups in total. The van der Waals surface area contributed by atoms with Crippen LogP contribution in [0.5, 0.6) is 0 Å². The van der Waals surface area contributed by atoms with Gasteiger partial charge in [-0.25, -0.2) is 5.01 Å². The first kappa shape index (κ1) is 17.0. The number of likely N-dealkylation sites (tertiary alicyclic amines) is 1. The summed E-state index contributed by atoms with van der Waals surface area (Å²) in [4.78, 5) is 27.0. The van der Waals surface area contributed by atoms with Crippen molar-refractivity contribution in [3.63, 3.8) is 0 Å². The molecule has 1 saturated heterocycles. The van der Waals surface area contributed by atoms with Crippen LogP contribution in [0.1, 0.15) is 28.9 Å². The van der Waals surface area contributed by atoms with Gasteiger partial charge in [-0.3, -0.25) is 14.3 Å². The van der Waals surface area contributed by atoms with E-state index in [2.05, 4.69) is 26.1 Å². The molecule has 1 aromatic carbocycles. The maximum absolute atomic E-state index is 12.8. The van der Waals surface area contributed by atoms with Gasteiger partial charge in [-0.1, -0.05) is 28.1 Å². The Morgan fingerprint density at radius 2 is 2.00 bits per heavy atom. The highest BCUT2D eigenvalue weighted by atomic mass is 79.9. The van der Waals surface area contributed by atoms with Crippen molar-refractivity contribution in [3.05, 3.63) is 52.3 Å². The van der Waals surface area contributed by atoms with Gasteiger partial charge in [0.2, 0.25) is 5.91 Å². The van der Waals surface area contributed by atoms with Crippen molar-refractivity contribution in [1.82, 2.24) is 19.7 Å². The number of aromatic nitrogens is 2. The zero-order valence-corrected chi connectivity index (χ0v) is 15.9. The summed E-state index contributed by atoms with van der Waals surface area (Å²) in [5.74, 6) is -0.0941. The molecule has 2 amide bonds. The highest BCUT2D eigenvalue weighted by Gasteiger charge is 2.39. The Morgan fingerprint density at radius 1 is 1.23 bits per heavy atom. The second kappa shape index (κ2) is 6.68. The van der Waals surface area contributed by atoms with E-state index in [-0.39, 0.29) is 17.9 Å². The van der Waals surface area contributed by atoms with E-state index >= 15 is 0 Å². The first-order valence-corrected chi connectivity index (χ1v) is 9.27. The molecule has 26 heavy (non-hydrogen) atoms. The number of amides is 2. The SMILES string of the molecule is Cn1nccc1C(=O)N1CC(N2CCCC2=O)C(c2ccc(Br)cc2)=N1. The maximum Gasteiger partial charge on any atom is 0.292 e. The molecule has 4 rings (SSSR count). The van der Waals surface area contributed by atoms with Gasteiger partial charge in [-0.2, -0.15) is 10.2 Å². The van der Waals surface area contributed by atoms with Crippen molar-refractivity contribution in [2.24, 2.45) is 12.1 Å². The zero-order chi connectivity index (χ0) is 18.3. The van der Waals surface area contributed by atoms with Crippen LogP contribution < -0.4 is 0 Å². The van der Waals surface area contributed by atoms with Crippen LogP contribution in [0.15, 0.2) is 46.1 Å². The number of carbonyl (C=O) groups excluding carboxylic acids is 2. The van der Waals surface area contributed by atoms with E-state index in [1.165, 1.54) is 9.69 Å². The van der Waals surface area contributed by atoms with Crippen LogP contribution in [0.25, 0.3) is 0 Å². The predicted octanol–water partition coefficient (Wildman–Crippen LogP) is 2.03. The molecule has 8 heteroatoms. The Bertz CT molecular complexity index is 889. The van der Waals surface area contributed by atoms with E-state index in [1.54, 1.807) is 19.3 Å². The lowest BCUT2D eigenvalue weighted by molar-refractivity contribution is -0.128. The summed E-state index contributed by atoms with van der Waals surface area (Å²) in [6.07, 6.45) is 2.99. The molecule has 134 valence electrons. The smallest absolute Gasteiger partial charge is 0.292 e. The molecule has 1 atom stereocenters. The van der Waals surface area contributed by atoms with Crippen LogP contribution in [-0.4, -0.2) is 56.3 Å². The first-order valence-electron chi connectivity index (χ1n) is 8.48. The first-order chi connectivity index (χ1) is 12.5. The number of hydrazone groups is 1. The Labute approximate surface area is 159 Å². The predicted molar refractivity (Wildman–Crippen MR) is 99.7 cm³/mol. The van der Waals surface area contributed by atoms with Crippen molar-refractivity contribution in [2.45, 2.75) is 18.9 Å². The van der Waals surface area contributed by atoms with Crippen molar-refractivity contribution in [3.8, 4) is 0 Å². The van der Waals surface area contributed by atoms with Gasteiger partial charge >= 0.3 is 0 Å². The summed E-state index contributed by atoms with van der Waals surface area (Å²) in [5.41, 5.74) is 2.14. The van der Waals surface area contributed by atoms with E-state index in [0.717, 1.165) is 22.2 Å². The molecule has 0 aliphatic carbocycles. The monoisotopic (exact) mass is 415 g/mol. The zero-order valence-electron chi connectivity index (χ0n) is 14.3. The topological polar surface area (TPSA) is 70.8 Å². The fourth-order valence-corrected chi connectivity index (χ4v) is 3.71. The lowest BCUT2D eigenvalue weighted by Gasteiger charge is -2.25. The highest BCUT2D eigenvalue weighted by molar-refractivity contribution is 9.10. The summed E-state index contributed by atoms with van der Waals surface area (Å²) in [7, 11) is 1.73. The maximum atomic E-state index is 12.8. The summed E-state index contributed by atoms with van der Waals surface area (Å²) >= 11 is 3.44. The average molecular weight is 416 g/mol. The van der Waals surface area contributed by atoms with Crippen LogP contribution in [0, 0.1) is 0 Å². The van der Waals surface area contributed by atoms with Crippen LogP contribution in [-0.2, 0) is 11.8 Å². The molecule has 0 bridgehead atoms.